The molecule has 0 aromatic carbocycles. The Kier molecular flexibility index (Phi) is 75.1. The van der Waals surface area contributed by atoms with Crippen molar-refractivity contribution in [3.05, 3.63) is 80.9 Å². The molecule has 5 amide bonds. The average molecular weight is 1650 g/mol. The van der Waals surface area contributed by atoms with Gasteiger partial charge in [-0.3, -0.25) is 38.4 Å². The van der Waals surface area contributed by atoms with E-state index in [1.165, 1.54) is 0 Å². The third kappa shape index (κ3) is 88.5. The van der Waals surface area contributed by atoms with Gasteiger partial charge in [-0.05, 0) is 128 Å². The molecule has 0 aromatic heterocycles. The first kappa shape index (κ1) is 109. The zero-order chi connectivity index (χ0) is 85.5. The Hall–Kier alpha value is -10.6. The highest BCUT2D eigenvalue weighted by molar-refractivity contribution is 5.85. The van der Waals surface area contributed by atoms with E-state index in [2.05, 4.69) is 65.3 Å². The summed E-state index contributed by atoms with van der Waals surface area (Å²) in [5.74, 6) is -2.82. The van der Waals surface area contributed by atoms with Crippen molar-refractivity contribution in [1.82, 2.24) is 26.6 Å². The predicted octanol–water partition coefficient (Wildman–Crippen LogP) is 1.66. The number of esters is 2. The number of Topliss-reactive ketones (excluding diaryl/α,β-unsaturated/α-hetero) is 1. The maximum atomic E-state index is 11.9. The predicted molar refractivity (Wildman–Crippen MR) is 386 cm³/mol. The Labute approximate surface area is 649 Å². The number of nitrogens with one attached hydrogen (secondary N) is 5. The lowest BCUT2D eigenvalue weighted by atomic mass is 10.0. The zero-order valence-electron chi connectivity index (χ0n) is 63.6. The Balaban J connectivity index is -0.000000702. The monoisotopic (exact) mass is 1650 g/mol. The van der Waals surface area contributed by atoms with Crippen LogP contribution in [0.1, 0.15) is 205 Å². The summed E-state index contributed by atoms with van der Waals surface area (Å²) in [6.07, 6.45) is 17.0. The first-order valence-corrected chi connectivity index (χ1v) is 36.8. The van der Waals surface area contributed by atoms with Gasteiger partial charge in [0.15, 0.2) is 0 Å². The van der Waals surface area contributed by atoms with Crippen LogP contribution < -0.4 is 49.5 Å². The van der Waals surface area contributed by atoms with Crippen LogP contribution in [0.15, 0.2) is 0 Å². The van der Waals surface area contributed by atoms with Crippen molar-refractivity contribution in [2.75, 3.05) is 112 Å². The number of nitrogens with zero attached hydrogens (tertiary/aromatic N) is 8. The van der Waals surface area contributed by atoms with Gasteiger partial charge in [0.05, 0.1) is 97.2 Å². The van der Waals surface area contributed by atoms with Gasteiger partial charge in [-0.2, -0.15) is 0 Å². The maximum absolute atomic E-state index is 11.9. The van der Waals surface area contributed by atoms with Crippen molar-refractivity contribution in [3.63, 3.8) is 0 Å². The summed E-state index contributed by atoms with van der Waals surface area (Å²) in [6.45, 7) is 2.28. The van der Waals surface area contributed by atoms with E-state index in [1.807, 2.05) is 0 Å². The Morgan fingerprint density at radius 1 is 0.265 bits per heavy atom. The van der Waals surface area contributed by atoms with Crippen LogP contribution in [0, 0.1) is 80.9 Å². The quantitative estimate of drug-likeness (QED) is 0.0181. The SMILES string of the molecule is NC(CC(=O)OCCCCCCO[N+](=O)[O-])C(=O)OCCCCCCO[N+](=O)[O-].NC(CCC(=O)CCCCCCCO[N+](=O)[O-])C(=O)NCCCCCCO[N+](=O)[O-].NC(CCC(=O)NCCCCCO[N+](=O)[O-])C(=O)NCCOCCO[N+](=O)[O-].NC(CCC(=O)NCCCCO[N+](=O)[O-])C(=O)NCCCCO[N+](=O)[O-]. The molecule has 52 heteroatoms. The van der Waals surface area contributed by atoms with Gasteiger partial charge in [-0.25, -0.2) is 0 Å². The second kappa shape index (κ2) is 78.1. The Morgan fingerprint density at radius 2 is 0.531 bits per heavy atom. The normalized spacial score (nSPS) is 11.4. The van der Waals surface area contributed by atoms with Gasteiger partial charge in [0.1, 0.15) is 18.4 Å². The molecule has 0 saturated heterocycles. The minimum Gasteiger partial charge on any atom is -0.466 e. The number of ether oxygens (including phenoxy) is 3. The summed E-state index contributed by atoms with van der Waals surface area (Å²) in [4.78, 5) is 207. The number of unbranched alkanes of at least 4 members (excludes halogenated alkanes) is 17. The molecule has 0 radical (unpaired) electrons. The molecule has 0 rings (SSSR count). The van der Waals surface area contributed by atoms with Crippen molar-refractivity contribution in [2.24, 2.45) is 22.9 Å². The number of nitrogens with two attached hydrogens (primary N) is 4. The molecule has 113 heavy (non-hydrogen) atoms. The van der Waals surface area contributed by atoms with Gasteiger partial charge in [0.2, 0.25) is 29.5 Å². The van der Waals surface area contributed by atoms with E-state index in [1.54, 1.807) is 0 Å². The molecule has 4 unspecified atom stereocenters. The first-order chi connectivity index (χ1) is 53.8. The fourth-order valence-electron chi connectivity index (χ4n) is 8.65. The summed E-state index contributed by atoms with van der Waals surface area (Å²) in [6, 6.07) is -3.49. The highest BCUT2D eigenvalue weighted by Gasteiger charge is 2.21. The van der Waals surface area contributed by atoms with Crippen molar-refractivity contribution in [3.8, 4) is 0 Å². The molecule has 0 aliphatic heterocycles. The summed E-state index contributed by atoms with van der Waals surface area (Å²) < 4.78 is 15.0. The van der Waals surface area contributed by atoms with Crippen LogP contribution in [0.2, 0.25) is 0 Å². The van der Waals surface area contributed by atoms with Gasteiger partial charge in [0, 0.05) is 58.4 Å². The molecule has 13 N–H and O–H groups in total. The van der Waals surface area contributed by atoms with E-state index in [0.29, 0.717) is 142 Å². The largest absolute Gasteiger partial charge is 0.466 e. The highest BCUT2D eigenvalue weighted by Crippen LogP contribution is 2.11. The number of amides is 5. The van der Waals surface area contributed by atoms with Gasteiger partial charge < -0.3 is 102 Å². The van der Waals surface area contributed by atoms with E-state index in [4.69, 9.17) is 37.1 Å². The molecule has 0 fully saturated rings. The van der Waals surface area contributed by atoms with Gasteiger partial charge in [-0.15, -0.1) is 80.9 Å². The average Bonchev–Trinajstić information content (AvgIpc) is 0.966. The number of hydrogen-bond acceptors (Lipinski definition) is 39. The summed E-state index contributed by atoms with van der Waals surface area (Å²) in [5, 5.41) is 85.9. The third-order valence-corrected chi connectivity index (χ3v) is 14.6. The zero-order valence-corrected chi connectivity index (χ0v) is 63.6. The minimum absolute atomic E-state index is 0.0197. The van der Waals surface area contributed by atoms with Crippen LogP contribution in [0.25, 0.3) is 0 Å². The third-order valence-electron chi connectivity index (χ3n) is 14.6. The van der Waals surface area contributed by atoms with Crippen LogP contribution in [0.5, 0.6) is 0 Å². The van der Waals surface area contributed by atoms with Crippen LogP contribution in [0.3, 0.4) is 0 Å². The molecule has 654 valence electrons. The molecule has 4 atom stereocenters. The molecule has 0 aliphatic carbocycles. The number of carbonyl (C=O) groups is 8. The maximum Gasteiger partial charge on any atom is 0.323 e. The fraction of sp³-hybridized carbons (Fsp3) is 0.869. The van der Waals surface area contributed by atoms with Gasteiger partial charge >= 0.3 is 11.9 Å². The second-order valence-corrected chi connectivity index (χ2v) is 24.0. The lowest BCUT2D eigenvalue weighted by Crippen LogP contribution is -2.42. The molecule has 0 aromatic rings. The number of ketones is 1. The van der Waals surface area contributed by atoms with Crippen LogP contribution in [0.4, 0.5) is 0 Å². The van der Waals surface area contributed by atoms with Gasteiger partial charge in [0.25, 0.3) is 40.7 Å². The number of rotatable bonds is 74. The number of carbonyl (C=O) groups excluding carboxylic acids is 8. The lowest BCUT2D eigenvalue weighted by Gasteiger charge is -2.12. The van der Waals surface area contributed by atoms with Crippen molar-refractivity contribution >= 4 is 47.3 Å². The molecule has 0 spiro atoms. The molecule has 0 saturated carbocycles. The van der Waals surface area contributed by atoms with E-state index in [9.17, 15) is 119 Å². The number of hydrogen-bond donors (Lipinski definition) is 9. The lowest BCUT2D eigenvalue weighted by molar-refractivity contribution is -0.758. The van der Waals surface area contributed by atoms with E-state index >= 15 is 0 Å². The summed E-state index contributed by atoms with van der Waals surface area (Å²) >= 11 is 0. The molecule has 0 aliphatic rings. The molecular weight excluding hydrogens is 1530 g/mol. The fourth-order valence-corrected chi connectivity index (χ4v) is 8.65. The van der Waals surface area contributed by atoms with Crippen LogP contribution in [-0.4, -0.2) is 224 Å². The van der Waals surface area contributed by atoms with Crippen molar-refractivity contribution in [1.29, 1.82) is 0 Å². The second-order valence-electron chi connectivity index (χ2n) is 24.0. The molecule has 0 heterocycles. The first-order valence-electron chi connectivity index (χ1n) is 36.8. The van der Waals surface area contributed by atoms with Gasteiger partial charge in [-0.1, -0.05) is 44.9 Å². The van der Waals surface area contributed by atoms with Crippen LogP contribution in [-0.2, 0) is 91.3 Å². The Morgan fingerprint density at radius 3 is 0.894 bits per heavy atom. The summed E-state index contributed by atoms with van der Waals surface area (Å²) in [5.41, 5.74) is 22.8. The topological polar surface area (TPSA) is 747 Å². The molecule has 52 nitrogen and oxygen atoms in total. The van der Waals surface area contributed by atoms with Crippen molar-refractivity contribution < 1.29 is 132 Å². The smallest absolute Gasteiger partial charge is 0.323 e. The standard InChI is InChI=1S/C18H34N4O8.C16H29N3O10.C14H27N5O9.C13H25N5O8/c19-17(18(24)20-13-7-3-5-9-15-30-22(27)28)12-11-16(23)10-6-2-1-4-8-14-29-21(25)26;17-14(16(21)27-10-6-2-4-8-12-29-19(24)25)13-15(20)26-9-5-1-3-7-11-28-18(22)23;15-12(14(21)17-7-9-26-10-11-28-19(24)25)4-5-13(20)16-6-2-1-3-8-27-18(22)23;14-11(13(20)16-8-2-4-10-26-18(23)24)5-6-12(19)15-7-1-3-9-25-17(21)22/h17H,1-15,19H2,(H,20,24);14H,1-13,17H2;12H,1-11,15H2,(H,16,20)(H,17,21);11H,1-10,14H2,(H,15,19)(H,16,20). The minimum atomic E-state index is -1.10. The Bertz CT molecular complexity index is 2670. The van der Waals surface area contributed by atoms with E-state index < -0.39 is 88.6 Å². The molecular formula is C61H115N17O35. The van der Waals surface area contributed by atoms with E-state index in [0.717, 1.165) is 51.4 Å². The molecule has 0 bridgehead atoms. The van der Waals surface area contributed by atoms with E-state index in [-0.39, 0.29) is 148 Å². The van der Waals surface area contributed by atoms with Crippen molar-refractivity contribution in [2.45, 2.75) is 230 Å². The summed E-state index contributed by atoms with van der Waals surface area (Å²) in [7, 11) is 0. The van der Waals surface area contributed by atoms with Crippen LogP contribution >= 0.6 is 0 Å². The highest BCUT2D eigenvalue weighted by atomic mass is 17.0.